The third-order valence-electron chi connectivity index (χ3n) is 4.64. The third kappa shape index (κ3) is 2.81. The lowest BCUT2D eigenvalue weighted by Crippen LogP contribution is -2.22. The summed E-state index contributed by atoms with van der Waals surface area (Å²) in [6, 6.07) is 6.89. The minimum atomic E-state index is -0.338. The molecular weight excluding hydrogens is 330 g/mol. The van der Waals surface area contributed by atoms with Crippen LogP contribution in [0.4, 0.5) is 0 Å². The fourth-order valence-corrected chi connectivity index (χ4v) is 3.33. The van der Waals surface area contributed by atoms with Gasteiger partial charge in [-0.15, -0.1) is 0 Å². The first-order valence-electron chi connectivity index (χ1n) is 8.56. The number of nitrogens with zero attached hydrogens (tertiary/aromatic N) is 3. The fourth-order valence-electron chi connectivity index (χ4n) is 3.33. The summed E-state index contributed by atoms with van der Waals surface area (Å²) in [4.78, 5) is 32.5. The second-order valence-electron chi connectivity index (χ2n) is 6.55. The molecule has 0 bridgehead atoms. The minimum Gasteiger partial charge on any atom is -0.362 e. The van der Waals surface area contributed by atoms with Crippen molar-refractivity contribution < 1.29 is 4.79 Å². The van der Waals surface area contributed by atoms with E-state index in [1.54, 1.807) is 29.0 Å². The molecule has 0 atom stereocenters. The maximum Gasteiger partial charge on any atom is 0.271 e. The Morgan fingerprint density at radius 1 is 1.35 bits per heavy atom. The first-order chi connectivity index (χ1) is 12.5. The highest BCUT2D eigenvalue weighted by atomic mass is 16.2. The van der Waals surface area contributed by atoms with Gasteiger partial charge >= 0.3 is 0 Å². The molecule has 1 aliphatic heterocycles. The van der Waals surface area contributed by atoms with Gasteiger partial charge in [0.15, 0.2) is 0 Å². The van der Waals surface area contributed by atoms with Crippen LogP contribution in [0.5, 0.6) is 0 Å². The van der Waals surface area contributed by atoms with E-state index in [2.05, 4.69) is 20.5 Å². The summed E-state index contributed by atoms with van der Waals surface area (Å²) in [6.45, 7) is 4.62. The zero-order valence-electron chi connectivity index (χ0n) is 14.7. The van der Waals surface area contributed by atoms with Gasteiger partial charge in [-0.2, -0.15) is 5.10 Å². The SMILES string of the molecule is Cc1cc(/C=N/NC(=O)c2ccc3c(=O)n4c(nc3c2)CCC4)c(C)[nH]1. The van der Waals surface area contributed by atoms with E-state index in [0.29, 0.717) is 23.0 Å². The van der Waals surface area contributed by atoms with E-state index < -0.39 is 0 Å². The van der Waals surface area contributed by atoms with Crippen molar-refractivity contribution in [3.05, 3.63) is 63.0 Å². The fraction of sp³-hybridized carbons (Fsp3) is 0.263. The number of nitrogens with one attached hydrogen (secondary N) is 2. The highest BCUT2D eigenvalue weighted by Gasteiger charge is 2.17. The summed E-state index contributed by atoms with van der Waals surface area (Å²) in [5.74, 6) is 0.451. The molecule has 2 N–H and O–H groups in total. The van der Waals surface area contributed by atoms with Gasteiger partial charge in [-0.25, -0.2) is 10.4 Å². The normalized spacial score (nSPS) is 13.5. The van der Waals surface area contributed by atoms with E-state index in [9.17, 15) is 9.59 Å². The number of aromatic nitrogens is 3. The molecular formula is C19H19N5O2. The number of hydrazone groups is 1. The van der Waals surface area contributed by atoms with Crippen molar-refractivity contribution in [3.8, 4) is 0 Å². The number of amides is 1. The standard InChI is InChI=1S/C19H19N5O2/c1-11-8-14(12(2)21-11)10-20-23-18(25)13-5-6-15-16(9-13)22-17-4-3-7-24(17)19(15)26/h5-6,8-10,21H,3-4,7H2,1-2H3,(H,23,25)/b20-10+. The molecule has 132 valence electrons. The van der Waals surface area contributed by atoms with Gasteiger partial charge in [-0.3, -0.25) is 14.2 Å². The molecule has 26 heavy (non-hydrogen) atoms. The molecule has 2 aromatic heterocycles. The number of aryl methyl sites for hydroxylation is 3. The molecule has 4 rings (SSSR count). The zero-order valence-corrected chi connectivity index (χ0v) is 14.7. The van der Waals surface area contributed by atoms with Crippen molar-refractivity contribution >= 4 is 23.0 Å². The zero-order chi connectivity index (χ0) is 18.3. The van der Waals surface area contributed by atoms with Crippen LogP contribution in [0.1, 0.15) is 39.6 Å². The Kier molecular flexibility index (Phi) is 3.91. The Balaban J connectivity index is 1.58. The molecule has 0 radical (unpaired) electrons. The van der Waals surface area contributed by atoms with E-state index in [1.807, 2.05) is 19.9 Å². The number of hydrogen-bond donors (Lipinski definition) is 2. The molecule has 0 spiro atoms. The molecule has 0 aliphatic carbocycles. The predicted molar refractivity (Wildman–Crippen MR) is 99.7 cm³/mol. The number of rotatable bonds is 3. The van der Waals surface area contributed by atoms with Gasteiger partial charge in [0.25, 0.3) is 11.5 Å². The van der Waals surface area contributed by atoms with Crippen LogP contribution in [0.15, 0.2) is 34.2 Å². The van der Waals surface area contributed by atoms with Crippen LogP contribution in [-0.4, -0.2) is 26.7 Å². The van der Waals surface area contributed by atoms with Crippen LogP contribution in [0, 0.1) is 13.8 Å². The summed E-state index contributed by atoms with van der Waals surface area (Å²) in [5, 5.41) is 4.55. The third-order valence-corrected chi connectivity index (χ3v) is 4.64. The highest BCUT2D eigenvalue weighted by Crippen LogP contribution is 2.16. The van der Waals surface area contributed by atoms with Gasteiger partial charge < -0.3 is 4.98 Å². The summed E-state index contributed by atoms with van der Waals surface area (Å²) < 4.78 is 1.72. The molecule has 0 saturated carbocycles. The second-order valence-corrected chi connectivity index (χ2v) is 6.55. The average molecular weight is 349 g/mol. The molecule has 1 amide bonds. The molecule has 1 aliphatic rings. The van der Waals surface area contributed by atoms with Crippen LogP contribution in [0.2, 0.25) is 0 Å². The Morgan fingerprint density at radius 2 is 2.19 bits per heavy atom. The number of carbonyl (C=O) groups is 1. The Labute approximate surface area is 149 Å². The quantitative estimate of drug-likeness (QED) is 0.560. The first kappa shape index (κ1) is 16.3. The van der Waals surface area contributed by atoms with Crippen molar-refractivity contribution in [2.45, 2.75) is 33.2 Å². The van der Waals surface area contributed by atoms with Gasteiger partial charge in [0.2, 0.25) is 0 Å². The van der Waals surface area contributed by atoms with E-state index in [4.69, 9.17) is 0 Å². The van der Waals surface area contributed by atoms with Crippen LogP contribution >= 0.6 is 0 Å². The maximum absolute atomic E-state index is 12.5. The molecule has 3 aromatic rings. The van der Waals surface area contributed by atoms with Crippen molar-refractivity contribution in [2.75, 3.05) is 0 Å². The van der Waals surface area contributed by atoms with E-state index in [0.717, 1.165) is 35.6 Å². The lowest BCUT2D eigenvalue weighted by molar-refractivity contribution is 0.0955. The molecule has 7 nitrogen and oxygen atoms in total. The van der Waals surface area contributed by atoms with Crippen LogP contribution in [0.3, 0.4) is 0 Å². The van der Waals surface area contributed by atoms with Crippen LogP contribution in [0.25, 0.3) is 10.9 Å². The lowest BCUT2D eigenvalue weighted by atomic mass is 10.1. The predicted octanol–water partition coefficient (Wildman–Crippen LogP) is 2.05. The first-order valence-corrected chi connectivity index (χ1v) is 8.56. The summed E-state index contributed by atoms with van der Waals surface area (Å²) >= 11 is 0. The summed E-state index contributed by atoms with van der Waals surface area (Å²) in [7, 11) is 0. The van der Waals surface area contributed by atoms with Crippen LogP contribution in [-0.2, 0) is 13.0 Å². The number of carbonyl (C=O) groups excluding carboxylic acids is 1. The van der Waals surface area contributed by atoms with Gasteiger partial charge in [0.1, 0.15) is 5.82 Å². The number of aromatic amines is 1. The highest BCUT2D eigenvalue weighted by molar-refractivity contribution is 5.98. The number of H-pyrrole nitrogens is 1. The average Bonchev–Trinajstić information content (AvgIpc) is 3.20. The molecule has 1 aromatic carbocycles. The number of benzene rings is 1. The molecule has 3 heterocycles. The van der Waals surface area contributed by atoms with Gasteiger partial charge in [0.05, 0.1) is 17.1 Å². The van der Waals surface area contributed by atoms with Gasteiger partial charge in [-0.05, 0) is 44.5 Å². The van der Waals surface area contributed by atoms with Crippen molar-refractivity contribution in [2.24, 2.45) is 5.10 Å². The van der Waals surface area contributed by atoms with E-state index in [-0.39, 0.29) is 11.5 Å². The number of fused-ring (bicyclic) bond motifs is 2. The lowest BCUT2D eigenvalue weighted by Gasteiger charge is -2.06. The van der Waals surface area contributed by atoms with Gasteiger partial charge in [-0.1, -0.05) is 0 Å². The largest absolute Gasteiger partial charge is 0.362 e. The topological polar surface area (TPSA) is 92.1 Å². The Hall–Kier alpha value is -3.22. The van der Waals surface area contributed by atoms with Gasteiger partial charge in [0, 0.05) is 35.5 Å². The van der Waals surface area contributed by atoms with Crippen molar-refractivity contribution in [1.82, 2.24) is 20.0 Å². The summed E-state index contributed by atoms with van der Waals surface area (Å²) in [6.07, 6.45) is 3.33. The molecule has 0 unspecified atom stereocenters. The Morgan fingerprint density at radius 3 is 2.96 bits per heavy atom. The molecule has 0 fully saturated rings. The van der Waals surface area contributed by atoms with Crippen LogP contribution < -0.4 is 11.0 Å². The maximum atomic E-state index is 12.5. The van der Waals surface area contributed by atoms with Crippen molar-refractivity contribution in [3.63, 3.8) is 0 Å². The molecule has 0 saturated heterocycles. The smallest absolute Gasteiger partial charge is 0.271 e. The Bertz CT molecular complexity index is 1110. The molecule has 7 heteroatoms. The van der Waals surface area contributed by atoms with E-state index in [1.165, 1.54) is 0 Å². The summed E-state index contributed by atoms with van der Waals surface area (Å²) in [5.41, 5.74) is 6.41. The van der Waals surface area contributed by atoms with Crippen molar-refractivity contribution in [1.29, 1.82) is 0 Å². The monoisotopic (exact) mass is 349 g/mol. The number of hydrogen-bond acceptors (Lipinski definition) is 4. The second kappa shape index (κ2) is 6.25. The minimum absolute atomic E-state index is 0.0363. The van der Waals surface area contributed by atoms with E-state index >= 15 is 0 Å².